The van der Waals surface area contributed by atoms with E-state index in [-0.39, 0.29) is 0 Å². The molecule has 0 spiro atoms. The predicted molar refractivity (Wildman–Crippen MR) is 67.2 cm³/mol. The molecule has 1 heterocycles. The molecule has 0 atom stereocenters. The number of halogens is 4. The van der Waals surface area contributed by atoms with Crippen LogP contribution in [-0.2, 0) is 12.7 Å². The summed E-state index contributed by atoms with van der Waals surface area (Å²) in [7, 11) is 0. The number of nitrogens with one attached hydrogen (secondary N) is 1. The fraction of sp³-hybridized carbons (Fsp3) is 0.250. The van der Waals surface area contributed by atoms with Gasteiger partial charge in [-0.2, -0.15) is 18.3 Å². The van der Waals surface area contributed by atoms with E-state index in [0.717, 1.165) is 18.1 Å². The summed E-state index contributed by atoms with van der Waals surface area (Å²) in [6, 6.07) is 7.07. The van der Waals surface area contributed by atoms with Crippen LogP contribution in [0.2, 0.25) is 5.02 Å². The van der Waals surface area contributed by atoms with Gasteiger partial charge in [-0.25, -0.2) is 0 Å². The SMILES string of the molecule is FC(F)(F)c1cnn(CCNc2ccc(Cl)cc2)c1. The first kappa shape index (κ1) is 13.7. The van der Waals surface area contributed by atoms with Crippen LogP contribution in [0.1, 0.15) is 5.56 Å². The molecule has 19 heavy (non-hydrogen) atoms. The Kier molecular flexibility index (Phi) is 3.99. The quantitative estimate of drug-likeness (QED) is 0.931. The number of nitrogens with zero attached hydrogens (tertiary/aromatic N) is 2. The number of anilines is 1. The van der Waals surface area contributed by atoms with E-state index >= 15 is 0 Å². The van der Waals surface area contributed by atoms with Crippen LogP contribution in [-0.4, -0.2) is 16.3 Å². The van der Waals surface area contributed by atoms with E-state index in [1.54, 1.807) is 24.3 Å². The molecule has 0 aliphatic carbocycles. The maximum Gasteiger partial charge on any atom is 0.419 e. The number of alkyl halides is 3. The summed E-state index contributed by atoms with van der Waals surface area (Å²) in [5.74, 6) is 0. The Morgan fingerprint density at radius 3 is 2.47 bits per heavy atom. The normalized spacial score (nSPS) is 11.6. The molecule has 0 amide bonds. The molecular weight excluding hydrogens is 279 g/mol. The fourth-order valence-electron chi connectivity index (χ4n) is 1.51. The number of aromatic nitrogens is 2. The largest absolute Gasteiger partial charge is 0.419 e. The predicted octanol–water partition coefficient (Wildman–Crippen LogP) is 3.67. The van der Waals surface area contributed by atoms with Gasteiger partial charge in [-0.3, -0.25) is 4.68 Å². The average molecular weight is 290 g/mol. The Hall–Kier alpha value is -1.69. The van der Waals surface area contributed by atoms with Gasteiger partial charge in [0, 0.05) is 23.5 Å². The van der Waals surface area contributed by atoms with Crippen molar-refractivity contribution in [3.8, 4) is 0 Å². The summed E-state index contributed by atoms with van der Waals surface area (Å²) >= 11 is 5.74. The minimum atomic E-state index is -4.35. The molecule has 0 fully saturated rings. The first-order valence-electron chi connectivity index (χ1n) is 5.54. The van der Waals surface area contributed by atoms with Crippen LogP contribution in [0, 0.1) is 0 Å². The van der Waals surface area contributed by atoms with E-state index in [9.17, 15) is 13.2 Å². The standard InChI is InChI=1S/C12H11ClF3N3/c13-10-1-3-11(4-2-10)17-5-6-19-8-9(7-18-19)12(14,15)16/h1-4,7-8,17H,5-6H2. The summed E-state index contributed by atoms with van der Waals surface area (Å²) in [6.45, 7) is 0.819. The molecule has 3 nitrogen and oxygen atoms in total. The maximum atomic E-state index is 12.3. The lowest BCUT2D eigenvalue weighted by Gasteiger charge is -2.06. The summed E-state index contributed by atoms with van der Waals surface area (Å²) in [5.41, 5.74) is 0.117. The monoisotopic (exact) mass is 289 g/mol. The first-order valence-corrected chi connectivity index (χ1v) is 5.92. The smallest absolute Gasteiger partial charge is 0.383 e. The molecule has 1 aromatic heterocycles. The third kappa shape index (κ3) is 3.89. The fourth-order valence-corrected chi connectivity index (χ4v) is 1.64. The van der Waals surface area contributed by atoms with Crippen molar-refractivity contribution in [1.82, 2.24) is 9.78 Å². The molecule has 102 valence electrons. The van der Waals surface area contributed by atoms with Crippen molar-refractivity contribution >= 4 is 17.3 Å². The lowest BCUT2D eigenvalue weighted by molar-refractivity contribution is -0.137. The lowest BCUT2D eigenvalue weighted by atomic mass is 10.3. The molecule has 0 saturated carbocycles. The van der Waals surface area contributed by atoms with Gasteiger partial charge in [-0.05, 0) is 24.3 Å². The molecule has 0 bridgehead atoms. The van der Waals surface area contributed by atoms with Crippen LogP contribution < -0.4 is 5.32 Å². The van der Waals surface area contributed by atoms with Crippen molar-refractivity contribution < 1.29 is 13.2 Å². The third-order valence-corrected chi connectivity index (χ3v) is 2.73. The van der Waals surface area contributed by atoms with Crippen LogP contribution in [0.15, 0.2) is 36.7 Å². The van der Waals surface area contributed by atoms with Crippen molar-refractivity contribution in [3.05, 3.63) is 47.2 Å². The Morgan fingerprint density at radius 1 is 1.21 bits per heavy atom. The van der Waals surface area contributed by atoms with E-state index < -0.39 is 11.7 Å². The Bertz CT molecular complexity index is 534. The van der Waals surface area contributed by atoms with Crippen LogP contribution in [0.4, 0.5) is 18.9 Å². The molecular formula is C12H11ClF3N3. The van der Waals surface area contributed by atoms with Crippen molar-refractivity contribution in [2.24, 2.45) is 0 Å². The highest BCUT2D eigenvalue weighted by atomic mass is 35.5. The summed E-state index contributed by atoms with van der Waals surface area (Å²) in [5, 5.41) is 7.36. The highest BCUT2D eigenvalue weighted by molar-refractivity contribution is 6.30. The lowest BCUT2D eigenvalue weighted by Crippen LogP contribution is -2.11. The second-order valence-corrected chi connectivity index (χ2v) is 4.36. The molecule has 7 heteroatoms. The van der Waals surface area contributed by atoms with Crippen LogP contribution in [0.25, 0.3) is 0 Å². The van der Waals surface area contributed by atoms with Gasteiger partial charge in [-0.15, -0.1) is 0 Å². The van der Waals surface area contributed by atoms with Gasteiger partial charge in [0.1, 0.15) is 0 Å². The van der Waals surface area contributed by atoms with Gasteiger partial charge in [0.15, 0.2) is 0 Å². The molecule has 1 N–H and O–H groups in total. The van der Waals surface area contributed by atoms with Crippen molar-refractivity contribution in [3.63, 3.8) is 0 Å². The first-order chi connectivity index (χ1) is 8.95. The molecule has 1 aromatic carbocycles. The number of rotatable bonds is 4. The third-order valence-electron chi connectivity index (χ3n) is 2.47. The molecule has 0 unspecified atom stereocenters. The Morgan fingerprint density at radius 2 is 1.89 bits per heavy atom. The Labute approximate surface area is 113 Å². The van der Waals surface area contributed by atoms with Gasteiger partial charge in [0.05, 0.1) is 18.3 Å². The van der Waals surface area contributed by atoms with Crippen LogP contribution >= 0.6 is 11.6 Å². The molecule has 0 aliphatic rings. The van der Waals surface area contributed by atoms with Crippen molar-refractivity contribution in [2.75, 3.05) is 11.9 Å². The number of hydrogen-bond acceptors (Lipinski definition) is 2. The number of benzene rings is 1. The minimum absolute atomic E-state index is 0.346. The highest BCUT2D eigenvalue weighted by Crippen LogP contribution is 2.28. The maximum absolute atomic E-state index is 12.3. The van der Waals surface area contributed by atoms with Gasteiger partial charge < -0.3 is 5.32 Å². The van der Waals surface area contributed by atoms with Gasteiger partial charge in [-0.1, -0.05) is 11.6 Å². The zero-order valence-electron chi connectivity index (χ0n) is 9.78. The minimum Gasteiger partial charge on any atom is -0.383 e. The molecule has 2 rings (SSSR count). The average Bonchev–Trinajstić information content (AvgIpc) is 2.80. The molecule has 0 radical (unpaired) electrons. The molecule has 2 aromatic rings. The van der Waals surface area contributed by atoms with Crippen LogP contribution in [0.5, 0.6) is 0 Å². The Balaban J connectivity index is 1.86. The number of hydrogen-bond donors (Lipinski definition) is 1. The van der Waals surface area contributed by atoms with E-state index in [4.69, 9.17) is 11.6 Å². The molecule has 0 saturated heterocycles. The topological polar surface area (TPSA) is 29.9 Å². The summed E-state index contributed by atoms with van der Waals surface area (Å²) in [6.07, 6.45) is -2.53. The molecule has 0 aliphatic heterocycles. The summed E-state index contributed by atoms with van der Waals surface area (Å²) < 4.78 is 38.3. The van der Waals surface area contributed by atoms with Gasteiger partial charge in [0.25, 0.3) is 0 Å². The van der Waals surface area contributed by atoms with Crippen LogP contribution in [0.3, 0.4) is 0 Å². The van der Waals surface area contributed by atoms with Crippen molar-refractivity contribution in [2.45, 2.75) is 12.7 Å². The van der Waals surface area contributed by atoms with Gasteiger partial charge >= 0.3 is 6.18 Å². The summed E-state index contributed by atoms with van der Waals surface area (Å²) in [4.78, 5) is 0. The zero-order valence-corrected chi connectivity index (χ0v) is 10.5. The second-order valence-electron chi connectivity index (χ2n) is 3.92. The second kappa shape index (κ2) is 5.52. The zero-order chi connectivity index (χ0) is 13.9. The van der Waals surface area contributed by atoms with Crippen molar-refractivity contribution in [1.29, 1.82) is 0 Å². The van der Waals surface area contributed by atoms with E-state index in [1.807, 2.05) is 0 Å². The highest BCUT2D eigenvalue weighted by Gasteiger charge is 2.32. The van der Waals surface area contributed by atoms with E-state index in [0.29, 0.717) is 18.1 Å². The van der Waals surface area contributed by atoms with E-state index in [1.165, 1.54) is 4.68 Å². The van der Waals surface area contributed by atoms with Gasteiger partial charge in [0.2, 0.25) is 0 Å². The van der Waals surface area contributed by atoms with E-state index in [2.05, 4.69) is 10.4 Å².